The third kappa shape index (κ3) is 5.51. The molecule has 10 nitrogen and oxygen atoms in total. The maximum absolute atomic E-state index is 12.9. The fourth-order valence-electron chi connectivity index (χ4n) is 4.77. The molecule has 0 aliphatic carbocycles. The van der Waals surface area contributed by atoms with Gasteiger partial charge >= 0.3 is 0 Å². The summed E-state index contributed by atoms with van der Waals surface area (Å²) >= 11 is 0. The quantitative estimate of drug-likeness (QED) is 0.591. The monoisotopic (exact) mass is 512 g/mol. The topological polar surface area (TPSA) is 107 Å². The normalized spacial score (nSPS) is 22.2. The summed E-state index contributed by atoms with van der Waals surface area (Å²) in [6, 6.07) is 10.7. The van der Waals surface area contributed by atoms with Crippen LogP contribution in [0.25, 0.3) is 0 Å². The van der Waals surface area contributed by atoms with Crippen LogP contribution in [-0.4, -0.2) is 98.0 Å². The zero-order valence-corrected chi connectivity index (χ0v) is 21.1. The van der Waals surface area contributed by atoms with Crippen molar-refractivity contribution in [3.63, 3.8) is 0 Å². The Morgan fingerprint density at radius 1 is 1.14 bits per heavy atom. The number of aliphatic hydroxyl groups is 1. The van der Waals surface area contributed by atoms with Crippen LogP contribution in [0.3, 0.4) is 0 Å². The van der Waals surface area contributed by atoms with Gasteiger partial charge in [0.1, 0.15) is 25.4 Å². The van der Waals surface area contributed by atoms with Crippen LogP contribution in [0.15, 0.2) is 36.4 Å². The number of hydrogen-bond acceptors (Lipinski definition) is 9. The third-order valence-corrected chi connectivity index (χ3v) is 6.88. The molecule has 3 unspecified atom stereocenters. The molecule has 3 aliphatic rings. The number of piperazine rings is 1. The highest BCUT2D eigenvalue weighted by molar-refractivity contribution is 6.01. The summed E-state index contributed by atoms with van der Waals surface area (Å²) in [6.45, 7) is 5.02. The van der Waals surface area contributed by atoms with Gasteiger partial charge in [-0.2, -0.15) is 0 Å². The number of hydrogen-bond donors (Lipinski definition) is 1. The van der Waals surface area contributed by atoms with Crippen molar-refractivity contribution in [1.29, 1.82) is 0 Å². The Kier molecular flexibility index (Phi) is 7.50. The molecule has 0 radical (unpaired) electrons. The number of aliphatic hydroxyl groups excluding tert-OH is 1. The molecule has 1 saturated heterocycles. The third-order valence-electron chi connectivity index (χ3n) is 6.88. The second-order valence-electron chi connectivity index (χ2n) is 9.43. The molecule has 198 valence electrons. The Labute approximate surface area is 215 Å². The van der Waals surface area contributed by atoms with E-state index in [1.807, 2.05) is 18.2 Å². The number of ketones is 1. The van der Waals surface area contributed by atoms with Crippen LogP contribution in [0.5, 0.6) is 23.0 Å². The zero-order chi connectivity index (χ0) is 25.9. The Hall–Kier alpha value is -3.34. The van der Waals surface area contributed by atoms with E-state index in [0.29, 0.717) is 67.9 Å². The number of amides is 1. The number of para-hydroxylation sites is 2. The van der Waals surface area contributed by atoms with E-state index in [2.05, 4.69) is 4.90 Å². The molecule has 5 rings (SSSR count). The van der Waals surface area contributed by atoms with E-state index in [4.69, 9.17) is 23.7 Å². The first-order chi connectivity index (χ1) is 17.9. The Balaban J connectivity index is 1.10. The first kappa shape index (κ1) is 25.3. The van der Waals surface area contributed by atoms with Gasteiger partial charge in [0.25, 0.3) is 5.91 Å². The fourth-order valence-corrected chi connectivity index (χ4v) is 4.77. The zero-order valence-electron chi connectivity index (χ0n) is 21.1. The van der Waals surface area contributed by atoms with Crippen molar-refractivity contribution >= 4 is 11.7 Å². The molecule has 0 aromatic heterocycles. The molecule has 1 N–H and O–H groups in total. The molecule has 1 amide bonds. The van der Waals surface area contributed by atoms with Gasteiger partial charge in [-0.25, -0.2) is 0 Å². The number of carbonyl (C=O) groups is 2. The van der Waals surface area contributed by atoms with E-state index in [1.165, 1.54) is 7.11 Å². The van der Waals surface area contributed by atoms with Crippen LogP contribution >= 0.6 is 0 Å². The summed E-state index contributed by atoms with van der Waals surface area (Å²) in [5.41, 5.74) is 1.32. The van der Waals surface area contributed by atoms with E-state index < -0.39 is 18.3 Å². The van der Waals surface area contributed by atoms with Gasteiger partial charge in [-0.3, -0.25) is 14.5 Å². The lowest BCUT2D eigenvalue weighted by Crippen LogP contribution is -2.55. The van der Waals surface area contributed by atoms with Crippen molar-refractivity contribution in [3.05, 3.63) is 47.5 Å². The lowest BCUT2D eigenvalue weighted by atomic mass is 9.97. The molecule has 0 saturated carbocycles. The molecule has 3 aliphatic heterocycles. The van der Waals surface area contributed by atoms with Crippen LogP contribution in [0, 0.1) is 0 Å². The molecule has 3 heterocycles. The van der Waals surface area contributed by atoms with Gasteiger partial charge in [0.05, 0.1) is 13.7 Å². The van der Waals surface area contributed by atoms with Crippen molar-refractivity contribution in [1.82, 2.24) is 9.80 Å². The predicted octanol–water partition coefficient (Wildman–Crippen LogP) is 1.52. The van der Waals surface area contributed by atoms with Gasteiger partial charge in [-0.05, 0) is 36.8 Å². The maximum Gasteiger partial charge on any atom is 0.267 e. The number of benzene rings is 2. The minimum atomic E-state index is -0.757. The molecular weight excluding hydrogens is 480 g/mol. The second kappa shape index (κ2) is 11.0. The highest BCUT2D eigenvalue weighted by atomic mass is 16.6. The molecule has 1 fully saturated rings. The summed E-state index contributed by atoms with van der Waals surface area (Å²) < 4.78 is 28.3. The summed E-state index contributed by atoms with van der Waals surface area (Å²) in [4.78, 5) is 29.3. The van der Waals surface area contributed by atoms with Crippen LogP contribution in [0.1, 0.15) is 22.8 Å². The summed E-state index contributed by atoms with van der Waals surface area (Å²) in [7, 11) is 1.53. The number of nitrogens with zero attached hydrogens (tertiary/aromatic N) is 2. The minimum Gasteiger partial charge on any atom is -0.493 e. The minimum absolute atomic E-state index is 0.0429. The van der Waals surface area contributed by atoms with Gasteiger partial charge in [0.15, 0.2) is 28.8 Å². The summed E-state index contributed by atoms with van der Waals surface area (Å²) in [5, 5.41) is 10.6. The van der Waals surface area contributed by atoms with Crippen molar-refractivity contribution in [2.45, 2.75) is 31.8 Å². The smallest absolute Gasteiger partial charge is 0.267 e. The van der Waals surface area contributed by atoms with Crippen molar-refractivity contribution < 1.29 is 38.4 Å². The number of methoxy groups -OCH3 is 1. The first-order valence-corrected chi connectivity index (χ1v) is 12.5. The predicted molar refractivity (Wildman–Crippen MR) is 132 cm³/mol. The highest BCUT2D eigenvalue weighted by Crippen LogP contribution is 2.34. The molecule has 10 heteroatoms. The molecule has 0 spiro atoms. The van der Waals surface area contributed by atoms with Gasteiger partial charge in [-0.1, -0.05) is 12.1 Å². The van der Waals surface area contributed by atoms with Gasteiger partial charge in [0.2, 0.25) is 6.10 Å². The average Bonchev–Trinajstić information content (AvgIpc) is 2.93. The lowest BCUT2D eigenvalue weighted by molar-refractivity contribution is -0.143. The lowest BCUT2D eigenvalue weighted by Gasteiger charge is -2.37. The van der Waals surface area contributed by atoms with Gasteiger partial charge < -0.3 is 33.7 Å². The van der Waals surface area contributed by atoms with Crippen LogP contribution < -0.4 is 18.9 Å². The van der Waals surface area contributed by atoms with Crippen molar-refractivity contribution in [2.75, 3.05) is 53.0 Å². The number of fused-ring (bicyclic) bond motifs is 2. The highest BCUT2D eigenvalue weighted by Gasteiger charge is 2.33. The molecule has 2 aromatic carbocycles. The van der Waals surface area contributed by atoms with Crippen molar-refractivity contribution in [3.8, 4) is 23.0 Å². The number of rotatable bonds is 7. The number of ether oxygens (including phenoxy) is 5. The van der Waals surface area contributed by atoms with Crippen LogP contribution in [-0.2, 0) is 16.1 Å². The standard InChI is InChI=1S/C27H32N2O8/c1-17-26(31)20-12-24(23(33-2)11-18(20)14-34-17)35-15-19(30)13-28-7-9-29(10-8-28)27(32)25-16-36-21-5-3-4-6-22(21)37-25/h3-6,11-12,17,19,25,30H,7-10,13-16H2,1-2H3. The fraction of sp³-hybridized carbons (Fsp3) is 0.481. The molecule has 0 bridgehead atoms. The molecule has 3 atom stereocenters. The molecular formula is C27H32N2O8. The number of carbonyl (C=O) groups excluding carboxylic acids is 2. The van der Waals surface area contributed by atoms with E-state index in [1.54, 1.807) is 30.0 Å². The number of Topliss-reactive ketones (excluding diaryl/α,β-unsaturated/α-hetero) is 1. The van der Waals surface area contributed by atoms with E-state index in [-0.39, 0.29) is 24.9 Å². The number of β-amino-alcohol motifs (C(OH)–C–C–N with tert-alkyl or cyclic N) is 1. The Morgan fingerprint density at radius 2 is 1.89 bits per heavy atom. The van der Waals surface area contributed by atoms with E-state index >= 15 is 0 Å². The SMILES string of the molecule is COc1cc2c(cc1OCC(O)CN1CCN(C(=O)C3COc4ccccc4O3)CC1)C(=O)C(C)OC2. The first-order valence-electron chi connectivity index (χ1n) is 12.5. The average molecular weight is 513 g/mol. The van der Waals surface area contributed by atoms with Gasteiger partial charge in [0, 0.05) is 38.3 Å². The summed E-state index contributed by atoms with van der Waals surface area (Å²) in [5.74, 6) is 1.94. The van der Waals surface area contributed by atoms with Crippen LogP contribution in [0.2, 0.25) is 0 Å². The molecule has 37 heavy (non-hydrogen) atoms. The largest absolute Gasteiger partial charge is 0.493 e. The second-order valence-corrected chi connectivity index (χ2v) is 9.43. The van der Waals surface area contributed by atoms with E-state index in [9.17, 15) is 14.7 Å². The Bertz CT molecular complexity index is 1150. The molecule has 2 aromatic rings. The van der Waals surface area contributed by atoms with Gasteiger partial charge in [-0.15, -0.1) is 0 Å². The summed E-state index contributed by atoms with van der Waals surface area (Å²) in [6.07, 6.45) is -1.92. The van der Waals surface area contributed by atoms with Crippen molar-refractivity contribution in [2.24, 2.45) is 0 Å². The van der Waals surface area contributed by atoms with E-state index in [0.717, 1.165) is 5.56 Å². The Morgan fingerprint density at radius 3 is 2.65 bits per heavy atom. The van der Waals surface area contributed by atoms with Crippen LogP contribution in [0.4, 0.5) is 0 Å². The maximum atomic E-state index is 12.9.